The van der Waals surface area contributed by atoms with Crippen molar-refractivity contribution in [2.75, 3.05) is 26.0 Å². The van der Waals surface area contributed by atoms with E-state index in [9.17, 15) is 27.6 Å². The Hall–Kier alpha value is -2.50. The normalized spacial score (nSPS) is 15.7. The Morgan fingerprint density at radius 2 is 1.83 bits per heavy atom. The molecular weight excluding hydrogens is 413 g/mol. The van der Waals surface area contributed by atoms with Crippen LogP contribution in [0.3, 0.4) is 0 Å². The zero-order valence-electron chi connectivity index (χ0n) is 16.2. The van der Waals surface area contributed by atoms with Crippen LogP contribution in [-0.4, -0.2) is 55.3 Å². The van der Waals surface area contributed by atoms with Crippen molar-refractivity contribution >= 4 is 34.2 Å². The van der Waals surface area contributed by atoms with Crippen molar-refractivity contribution in [2.45, 2.75) is 44.4 Å². The second kappa shape index (κ2) is 8.47. The Labute approximate surface area is 169 Å². The van der Waals surface area contributed by atoms with Gasteiger partial charge >= 0.3 is 23.8 Å². The van der Waals surface area contributed by atoms with Gasteiger partial charge in [-0.1, -0.05) is 0 Å². The number of nitrogens with one attached hydrogen (secondary N) is 2. The molecular formula is C17H23F3N4O4S. The van der Waals surface area contributed by atoms with Gasteiger partial charge in [-0.3, -0.25) is 10.1 Å². The van der Waals surface area contributed by atoms with Gasteiger partial charge < -0.3 is 20.7 Å². The number of anilines is 1. The molecule has 4 N–H and O–H groups in total. The summed E-state index contributed by atoms with van der Waals surface area (Å²) < 4.78 is 47.1. The van der Waals surface area contributed by atoms with Gasteiger partial charge in [0.2, 0.25) is 0 Å². The molecule has 1 aromatic heterocycles. The molecule has 1 atom stereocenters. The molecule has 0 bridgehead atoms. The van der Waals surface area contributed by atoms with E-state index in [1.54, 1.807) is 5.32 Å². The van der Waals surface area contributed by atoms with Crippen LogP contribution in [0.2, 0.25) is 0 Å². The molecule has 0 fully saturated rings. The number of carbonyl (C=O) groups is 3. The number of primary amides is 1. The fourth-order valence-electron chi connectivity index (χ4n) is 2.99. The first-order valence-electron chi connectivity index (χ1n) is 8.90. The number of aryl methyl sites for hydroxylation is 1. The topological polar surface area (TPSA) is 114 Å². The monoisotopic (exact) mass is 436 g/mol. The summed E-state index contributed by atoms with van der Waals surface area (Å²) in [6.45, 7) is 0.991. The largest absolute Gasteiger partial charge is 0.463 e. The molecule has 8 nitrogen and oxygen atoms in total. The average Bonchev–Trinajstić information content (AvgIpc) is 2.97. The molecule has 162 valence electrons. The number of hydrogen-bond donors (Lipinski definition) is 3. The van der Waals surface area contributed by atoms with Crippen LogP contribution in [0, 0.1) is 0 Å². The van der Waals surface area contributed by atoms with Crippen LogP contribution in [0.5, 0.6) is 0 Å². The van der Waals surface area contributed by atoms with Crippen molar-refractivity contribution in [1.29, 1.82) is 0 Å². The van der Waals surface area contributed by atoms with E-state index >= 15 is 0 Å². The number of rotatable bonds is 6. The maximum Gasteiger partial charge on any atom is 0.442 e. The lowest BCUT2D eigenvalue weighted by Crippen LogP contribution is -2.70. The summed E-state index contributed by atoms with van der Waals surface area (Å²) in [4.78, 5) is 38.1. The maximum atomic E-state index is 14.2. The highest BCUT2D eigenvalue weighted by molar-refractivity contribution is 7.16. The first-order chi connectivity index (χ1) is 13.4. The number of urea groups is 1. The van der Waals surface area contributed by atoms with Crippen molar-refractivity contribution in [1.82, 2.24) is 10.2 Å². The number of hydrogen-bond acceptors (Lipinski definition) is 6. The standard InChI is InChI=1S/C17H23F3N4O4S/c1-4-28-14(26)16(17(18,19)20,23-15(27)24(2)3)22-13-11(12(21)25)9-7-5-6-8-10(9)29-13/h22H,4-8H2,1-3H3,(H2,21,25)(H,23,27)/t16-/m0/s1. The quantitative estimate of drug-likeness (QED) is 0.468. The van der Waals surface area contributed by atoms with E-state index < -0.39 is 29.7 Å². The van der Waals surface area contributed by atoms with Gasteiger partial charge in [0.25, 0.3) is 5.91 Å². The highest BCUT2D eigenvalue weighted by atomic mass is 32.1. The fraction of sp³-hybridized carbons (Fsp3) is 0.588. The van der Waals surface area contributed by atoms with Gasteiger partial charge in [0.05, 0.1) is 12.2 Å². The van der Waals surface area contributed by atoms with Crippen LogP contribution in [0.15, 0.2) is 0 Å². The molecule has 1 aromatic rings. The van der Waals surface area contributed by atoms with E-state index in [2.05, 4.69) is 10.1 Å². The SMILES string of the molecule is CCOC(=O)[C@@](NC(=O)N(C)C)(Nc1sc2c(c1C(N)=O)CCCC2)C(F)(F)F. The third kappa shape index (κ3) is 4.41. The van der Waals surface area contributed by atoms with Gasteiger partial charge in [-0.15, -0.1) is 11.3 Å². The lowest BCUT2D eigenvalue weighted by atomic mass is 9.95. The van der Waals surface area contributed by atoms with Crippen LogP contribution < -0.4 is 16.4 Å². The molecule has 1 aliphatic rings. The molecule has 0 unspecified atom stereocenters. The van der Waals surface area contributed by atoms with Crippen molar-refractivity contribution in [3.8, 4) is 0 Å². The van der Waals surface area contributed by atoms with E-state index in [4.69, 9.17) is 5.73 Å². The van der Waals surface area contributed by atoms with E-state index in [1.807, 2.05) is 0 Å². The smallest absolute Gasteiger partial charge is 0.442 e. The molecule has 0 saturated heterocycles. The van der Waals surface area contributed by atoms with E-state index in [1.165, 1.54) is 21.0 Å². The predicted octanol–water partition coefficient (Wildman–Crippen LogP) is 2.23. The Morgan fingerprint density at radius 3 is 2.34 bits per heavy atom. The third-order valence-corrected chi connectivity index (χ3v) is 5.63. The number of fused-ring (bicyclic) bond motifs is 1. The van der Waals surface area contributed by atoms with Crippen LogP contribution in [0.4, 0.5) is 23.0 Å². The second-order valence-electron chi connectivity index (χ2n) is 6.70. The number of esters is 1. The Morgan fingerprint density at radius 1 is 1.21 bits per heavy atom. The first-order valence-corrected chi connectivity index (χ1v) is 9.72. The molecule has 0 radical (unpaired) electrons. The fourth-order valence-corrected chi connectivity index (χ4v) is 4.34. The number of halogens is 3. The number of thiophene rings is 1. The second-order valence-corrected chi connectivity index (χ2v) is 7.80. The minimum atomic E-state index is -5.29. The van der Waals surface area contributed by atoms with Gasteiger partial charge in [-0.2, -0.15) is 13.2 Å². The highest BCUT2D eigenvalue weighted by Crippen LogP contribution is 2.42. The number of carbonyl (C=O) groups excluding carboxylic acids is 3. The van der Waals surface area contributed by atoms with E-state index in [-0.39, 0.29) is 17.2 Å². The molecule has 0 aromatic carbocycles. The van der Waals surface area contributed by atoms with Gasteiger partial charge in [-0.05, 0) is 38.2 Å². The van der Waals surface area contributed by atoms with E-state index in [0.717, 1.165) is 34.0 Å². The number of ether oxygens (including phenoxy) is 1. The summed E-state index contributed by atoms with van der Waals surface area (Å²) in [5.74, 6) is -2.66. The van der Waals surface area contributed by atoms with E-state index in [0.29, 0.717) is 18.4 Å². The number of alkyl halides is 3. The molecule has 1 aliphatic carbocycles. The molecule has 0 spiro atoms. The van der Waals surface area contributed by atoms with Gasteiger partial charge in [0.1, 0.15) is 5.00 Å². The minimum Gasteiger partial charge on any atom is -0.463 e. The van der Waals surface area contributed by atoms with Crippen LogP contribution in [-0.2, 0) is 22.4 Å². The summed E-state index contributed by atoms with van der Waals surface area (Å²) in [5.41, 5.74) is 2.32. The van der Waals surface area contributed by atoms with Crippen molar-refractivity contribution in [3.63, 3.8) is 0 Å². The van der Waals surface area contributed by atoms with Crippen molar-refractivity contribution < 1.29 is 32.3 Å². The summed E-state index contributed by atoms with van der Waals surface area (Å²) in [7, 11) is 2.45. The lowest BCUT2D eigenvalue weighted by molar-refractivity contribution is -0.204. The van der Waals surface area contributed by atoms with Crippen molar-refractivity contribution in [2.24, 2.45) is 5.73 Å². The number of nitrogens with two attached hydrogens (primary N) is 1. The highest BCUT2D eigenvalue weighted by Gasteiger charge is 2.64. The Kier molecular flexibility index (Phi) is 6.66. The molecule has 0 aliphatic heterocycles. The van der Waals surface area contributed by atoms with Crippen molar-refractivity contribution in [3.05, 3.63) is 16.0 Å². The van der Waals surface area contributed by atoms with Gasteiger partial charge in [0, 0.05) is 19.0 Å². The summed E-state index contributed by atoms with van der Waals surface area (Å²) in [5, 5.41) is 3.52. The zero-order valence-corrected chi connectivity index (χ0v) is 17.1. The Balaban J connectivity index is 2.63. The van der Waals surface area contributed by atoms with Crippen LogP contribution in [0.1, 0.15) is 40.6 Å². The summed E-state index contributed by atoms with van der Waals surface area (Å²) in [6.07, 6.45) is -2.61. The maximum absolute atomic E-state index is 14.2. The summed E-state index contributed by atoms with van der Waals surface area (Å²) >= 11 is 0.920. The first kappa shape index (κ1) is 22.8. The molecule has 12 heteroatoms. The number of nitrogens with zero attached hydrogens (tertiary/aromatic N) is 1. The van der Waals surface area contributed by atoms with Crippen LogP contribution in [0.25, 0.3) is 0 Å². The third-order valence-electron chi connectivity index (χ3n) is 4.43. The minimum absolute atomic E-state index is 0.0956. The molecule has 3 amide bonds. The predicted molar refractivity (Wildman–Crippen MR) is 101 cm³/mol. The number of amides is 3. The van der Waals surface area contributed by atoms with Gasteiger partial charge in [-0.25, -0.2) is 9.59 Å². The Bertz CT molecular complexity index is 809. The average molecular weight is 436 g/mol. The zero-order chi connectivity index (χ0) is 22.0. The summed E-state index contributed by atoms with van der Waals surface area (Å²) in [6, 6.07) is -1.18. The van der Waals surface area contributed by atoms with Crippen LogP contribution >= 0.6 is 11.3 Å². The molecule has 2 rings (SSSR count). The lowest BCUT2D eigenvalue weighted by Gasteiger charge is -2.35. The van der Waals surface area contributed by atoms with Gasteiger partial charge in [0.15, 0.2) is 0 Å². The molecule has 0 saturated carbocycles. The molecule has 29 heavy (non-hydrogen) atoms. The molecule has 1 heterocycles.